The number of esters is 2. The maximum atomic E-state index is 10.8. The third kappa shape index (κ3) is 5.35. The van der Waals surface area contributed by atoms with Crippen LogP contribution in [-0.2, 0) is 49.7 Å². The second kappa shape index (κ2) is 10.0. The molecular formula is C12H16MoO12+2. The van der Waals surface area contributed by atoms with Gasteiger partial charge in [0, 0.05) is 0 Å². The summed E-state index contributed by atoms with van der Waals surface area (Å²) in [6, 6.07) is 0. The molecule has 0 aliphatic carbocycles. The fourth-order valence-corrected chi connectivity index (χ4v) is 1.77. The Balaban J connectivity index is 0.000000443. The minimum Gasteiger partial charge on any atom is -0.449 e. The van der Waals surface area contributed by atoms with E-state index in [0.29, 0.717) is 0 Å². The van der Waals surface area contributed by atoms with Gasteiger partial charge in [-0.3, -0.25) is 9.59 Å². The summed E-state index contributed by atoms with van der Waals surface area (Å²) >= 11 is 0. The summed E-state index contributed by atoms with van der Waals surface area (Å²) in [5, 5.41) is 52.2. The van der Waals surface area contributed by atoms with Crippen molar-refractivity contribution in [2.24, 2.45) is 0 Å². The molecule has 25 heavy (non-hydrogen) atoms. The van der Waals surface area contributed by atoms with Crippen LogP contribution in [0.2, 0.25) is 0 Å². The molecule has 13 heteroatoms. The van der Waals surface area contributed by atoms with E-state index in [1.54, 1.807) is 0 Å². The fourth-order valence-electron chi connectivity index (χ4n) is 1.77. The number of ether oxygens (including phenoxy) is 2. The Kier molecular flexibility index (Phi) is 9.51. The Morgan fingerprint density at radius 1 is 0.760 bits per heavy atom. The molecule has 2 heterocycles. The molecule has 2 aliphatic heterocycles. The van der Waals surface area contributed by atoms with Crippen LogP contribution in [0.15, 0.2) is 0 Å². The fraction of sp³-hybridized carbons (Fsp3) is 0.667. The minimum absolute atomic E-state index is 0. The summed E-state index contributed by atoms with van der Waals surface area (Å²) in [6.45, 7) is -1.40. The second-order valence-corrected chi connectivity index (χ2v) is 4.82. The van der Waals surface area contributed by atoms with Crippen LogP contribution in [0.4, 0.5) is 0 Å². The Labute approximate surface area is 154 Å². The average Bonchev–Trinajstić information content (AvgIpc) is 2.98. The van der Waals surface area contributed by atoms with Gasteiger partial charge < -0.3 is 40.1 Å². The second-order valence-electron chi connectivity index (χ2n) is 4.82. The van der Waals surface area contributed by atoms with Gasteiger partial charge in [0.2, 0.25) is 23.8 Å². The molecule has 2 fully saturated rings. The maximum Gasteiger partial charge on any atom is 2.00 e. The van der Waals surface area contributed by atoms with Crippen LogP contribution in [0, 0.1) is 0 Å². The van der Waals surface area contributed by atoms with Crippen LogP contribution in [0.1, 0.15) is 0 Å². The van der Waals surface area contributed by atoms with E-state index in [1.807, 2.05) is 0 Å². The predicted molar refractivity (Wildman–Crippen MR) is 68.0 cm³/mol. The van der Waals surface area contributed by atoms with E-state index in [4.69, 9.17) is 30.6 Å². The monoisotopic (exact) mass is 450 g/mol. The molecule has 0 aromatic carbocycles. The third-order valence-corrected chi connectivity index (χ3v) is 3.11. The van der Waals surface area contributed by atoms with Crippen molar-refractivity contribution >= 4 is 23.5 Å². The molecule has 0 amide bonds. The standard InChI is InChI=1S/2C6H8O6.Mo/c2*7-1-2(8)5-3(9)4(10)6(11)12-5;/h2*2,4-5,7-8,10H,1H2;/q;;+2/t2*2-,4?,5+;/m00./s1. The van der Waals surface area contributed by atoms with Gasteiger partial charge in [-0.25, -0.2) is 9.59 Å². The largest absolute Gasteiger partial charge is 2.00 e. The molecule has 140 valence electrons. The van der Waals surface area contributed by atoms with E-state index < -0.39 is 73.3 Å². The quantitative estimate of drug-likeness (QED) is 0.135. The number of hydrogen-bond donors (Lipinski definition) is 6. The van der Waals surface area contributed by atoms with Gasteiger partial charge in [-0.2, -0.15) is 0 Å². The number of carbonyl (C=O) groups excluding carboxylic acids is 4. The molecule has 2 rings (SSSR count). The molecule has 12 nitrogen and oxygen atoms in total. The van der Waals surface area contributed by atoms with Gasteiger partial charge >= 0.3 is 33.0 Å². The first-order chi connectivity index (χ1) is 11.1. The Morgan fingerprint density at radius 3 is 1.20 bits per heavy atom. The van der Waals surface area contributed by atoms with Crippen LogP contribution >= 0.6 is 0 Å². The van der Waals surface area contributed by atoms with Crippen molar-refractivity contribution < 1.29 is 80.4 Å². The van der Waals surface area contributed by atoms with E-state index in [-0.39, 0.29) is 21.1 Å². The molecule has 0 saturated carbocycles. The van der Waals surface area contributed by atoms with Crippen LogP contribution in [-0.4, -0.2) is 104 Å². The van der Waals surface area contributed by atoms with Crippen LogP contribution < -0.4 is 0 Å². The zero-order valence-electron chi connectivity index (χ0n) is 12.4. The van der Waals surface area contributed by atoms with E-state index in [1.165, 1.54) is 0 Å². The molecule has 0 spiro atoms. The SMILES string of the molecule is O=C1O[C@H]([C@@H](O)CO)C(=O)C1O.O=C1O[C@H]([C@@H](O)CO)C(=O)C1O.[Mo+2]. The molecule has 6 N–H and O–H groups in total. The number of Topliss-reactive ketones (excluding diaryl/α,β-unsaturated/α-hetero) is 2. The average molecular weight is 448 g/mol. The van der Waals surface area contributed by atoms with Crippen LogP contribution in [0.3, 0.4) is 0 Å². The number of aliphatic hydroxyl groups excluding tert-OH is 6. The first-order valence-electron chi connectivity index (χ1n) is 6.58. The molecule has 2 saturated heterocycles. The van der Waals surface area contributed by atoms with E-state index in [9.17, 15) is 19.2 Å². The zero-order valence-corrected chi connectivity index (χ0v) is 14.4. The van der Waals surface area contributed by atoms with Crippen molar-refractivity contribution in [3.05, 3.63) is 0 Å². The first-order valence-corrected chi connectivity index (χ1v) is 6.58. The van der Waals surface area contributed by atoms with Gasteiger partial charge in [-0.05, 0) is 0 Å². The normalized spacial score (nSPS) is 30.6. The summed E-state index contributed by atoms with van der Waals surface area (Å²) in [5.41, 5.74) is 0. The van der Waals surface area contributed by atoms with Gasteiger partial charge in [0.1, 0.15) is 12.2 Å². The number of cyclic esters (lactones) is 2. The zero-order chi connectivity index (χ0) is 18.6. The molecule has 2 unspecified atom stereocenters. The van der Waals surface area contributed by atoms with Crippen molar-refractivity contribution in [1.29, 1.82) is 0 Å². The van der Waals surface area contributed by atoms with E-state index in [2.05, 4.69) is 9.47 Å². The van der Waals surface area contributed by atoms with Crippen molar-refractivity contribution in [2.45, 2.75) is 36.6 Å². The van der Waals surface area contributed by atoms with Crippen molar-refractivity contribution in [1.82, 2.24) is 0 Å². The van der Waals surface area contributed by atoms with Gasteiger partial charge in [-0.15, -0.1) is 0 Å². The van der Waals surface area contributed by atoms with Gasteiger partial charge in [0.15, 0.2) is 12.2 Å². The molecule has 0 aromatic heterocycles. The minimum atomic E-state index is -1.82. The van der Waals surface area contributed by atoms with Crippen molar-refractivity contribution in [3.63, 3.8) is 0 Å². The number of aliphatic hydroxyl groups is 6. The molecule has 0 aromatic rings. The van der Waals surface area contributed by atoms with Gasteiger partial charge in [0.25, 0.3) is 0 Å². The summed E-state index contributed by atoms with van der Waals surface area (Å²) in [5.74, 6) is -4.00. The third-order valence-electron chi connectivity index (χ3n) is 3.11. The van der Waals surface area contributed by atoms with Crippen LogP contribution in [0.25, 0.3) is 0 Å². The maximum absolute atomic E-state index is 10.8. The predicted octanol–water partition coefficient (Wildman–Crippen LogP) is -5.61. The summed E-state index contributed by atoms with van der Waals surface area (Å²) in [4.78, 5) is 42.8. The van der Waals surface area contributed by atoms with Gasteiger partial charge in [-0.1, -0.05) is 0 Å². The topological polar surface area (TPSA) is 208 Å². The summed E-state index contributed by atoms with van der Waals surface area (Å²) in [7, 11) is 0. The smallest absolute Gasteiger partial charge is 0.449 e. The molecule has 0 bridgehead atoms. The van der Waals surface area contributed by atoms with Crippen LogP contribution in [0.5, 0.6) is 0 Å². The molecule has 0 radical (unpaired) electrons. The molecule has 6 atom stereocenters. The van der Waals surface area contributed by atoms with E-state index >= 15 is 0 Å². The molecular weight excluding hydrogens is 432 g/mol. The first kappa shape index (κ1) is 23.7. The van der Waals surface area contributed by atoms with Gasteiger partial charge in [0.05, 0.1) is 13.2 Å². The number of rotatable bonds is 4. The summed E-state index contributed by atoms with van der Waals surface area (Å²) in [6.07, 6.45) is -9.43. The Morgan fingerprint density at radius 2 is 1.04 bits per heavy atom. The van der Waals surface area contributed by atoms with E-state index in [0.717, 1.165) is 0 Å². The number of hydrogen-bond acceptors (Lipinski definition) is 12. The van der Waals surface area contributed by atoms with Crippen molar-refractivity contribution in [3.8, 4) is 0 Å². The number of ketones is 2. The van der Waals surface area contributed by atoms with Crippen molar-refractivity contribution in [2.75, 3.05) is 13.2 Å². The Hall–Kier alpha value is -1.27. The number of carbonyl (C=O) groups is 4. The Bertz CT molecular complexity index is 476. The summed E-state index contributed by atoms with van der Waals surface area (Å²) < 4.78 is 8.58. The molecule has 2 aliphatic rings.